The zero-order valence-corrected chi connectivity index (χ0v) is 8.58. The lowest BCUT2D eigenvalue weighted by atomic mass is 10.2. The van der Waals surface area contributed by atoms with Crippen LogP contribution < -0.4 is 0 Å². The van der Waals surface area contributed by atoms with Gasteiger partial charge in [0, 0.05) is 17.4 Å². The van der Waals surface area contributed by atoms with Crippen LogP contribution in [0.1, 0.15) is 47.6 Å². The lowest BCUT2D eigenvalue weighted by Crippen LogP contribution is -2.05. The molecule has 0 atom stereocenters. The Morgan fingerprint density at radius 1 is 1.64 bits per heavy atom. The molecule has 2 rings (SSSR count). The smallest absolute Gasteiger partial charge is 0.337 e. The fraction of sp³-hybridized carbons (Fsp3) is 0.545. The highest BCUT2D eigenvalue weighted by Gasteiger charge is 2.28. The highest BCUT2D eigenvalue weighted by Crippen LogP contribution is 2.38. The first-order valence-corrected chi connectivity index (χ1v) is 5.09. The van der Waals surface area contributed by atoms with Crippen LogP contribution in [0.3, 0.4) is 0 Å². The van der Waals surface area contributed by atoms with Crippen molar-refractivity contribution in [1.29, 1.82) is 0 Å². The third-order valence-electron chi connectivity index (χ3n) is 2.81. The van der Waals surface area contributed by atoms with Crippen molar-refractivity contribution >= 4 is 5.97 Å². The summed E-state index contributed by atoms with van der Waals surface area (Å²) >= 11 is 0. The number of aromatic nitrogens is 1. The molecule has 3 heteroatoms. The molecule has 1 saturated carbocycles. The molecule has 0 amide bonds. The molecule has 1 N–H and O–H groups in total. The summed E-state index contributed by atoms with van der Waals surface area (Å²) < 4.78 is 2.20. The summed E-state index contributed by atoms with van der Waals surface area (Å²) in [5.74, 6) is -0.802. The van der Waals surface area contributed by atoms with E-state index >= 15 is 0 Å². The third kappa shape index (κ3) is 1.33. The second-order valence-electron chi connectivity index (χ2n) is 3.91. The van der Waals surface area contributed by atoms with Crippen molar-refractivity contribution in [3.63, 3.8) is 0 Å². The minimum atomic E-state index is -0.802. The SMILES string of the molecule is CCc1c(C(=O)O)cc(C)n1C1CC1. The van der Waals surface area contributed by atoms with Gasteiger partial charge >= 0.3 is 5.97 Å². The van der Waals surface area contributed by atoms with Crippen LogP contribution in [0, 0.1) is 6.92 Å². The van der Waals surface area contributed by atoms with Crippen LogP contribution in [0.25, 0.3) is 0 Å². The Hall–Kier alpha value is -1.25. The maximum absolute atomic E-state index is 11.0. The number of hydrogen-bond acceptors (Lipinski definition) is 1. The van der Waals surface area contributed by atoms with E-state index in [4.69, 9.17) is 5.11 Å². The van der Waals surface area contributed by atoms with E-state index in [9.17, 15) is 4.79 Å². The van der Waals surface area contributed by atoms with Gasteiger partial charge in [0.05, 0.1) is 5.56 Å². The van der Waals surface area contributed by atoms with Gasteiger partial charge in [0.15, 0.2) is 0 Å². The van der Waals surface area contributed by atoms with Crippen LogP contribution >= 0.6 is 0 Å². The molecule has 1 aliphatic rings. The highest BCUT2D eigenvalue weighted by molar-refractivity contribution is 5.89. The fourth-order valence-corrected chi connectivity index (χ4v) is 2.09. The Morgan fingerprint density at radius 3 is 2.71 bits per heavy atom. The molecule has 0 aliphatic heterocycles. The lowest BCUT2D eigenvalue weighted by molar-refractivity contribution is 0.0695. The van der Waals surface area contributed by atoms with E-state index in [2.05, 4.69) is 4.57 Å². The number of carboxylic acids is 1. The van der Waals surface area contributed by atoms with E-state index in [1.807, 2.05) is 13.8 Å². The van der Waals surface area contributed by atoms with E-state index < -0.39 is 5.97 Å². The molecule has 0 aromatic carbocycles. The molecule has 1 aliphatic carbocycles. The Labute approximate surface area is 83.4 Å². The second kappa shape index (κ2) is 3.15. The van der Waals surface area contributed by atoms with Gasteiger partial charge in [-0.2, -0.15) is 0 Å². The molecular formula is C11H15NO2. The summed E-state index contributed by atoms with van der Waals surface area (Å²) in [4.78, 5) is 11.0. The van der Waals surface area contributed by atoms with Crippen LogP contribution in [0.5, 0.6) is 0 Å². The number of nitrogens with zero attached hydrogens (tertiary/aromatic N) is 1. The molecule has 1 heterocycles. The average molecular weight is 193 g/mol. The maximum Gasteiger partial charge on any atom is 0.337 e. The first-order chi connectivity index (χ1) is 6.65. The molecule has 0 radical (unpaired) electrons. The van der Waals surface area contributed by atoms with Gasteiger partial charge in [0.1, 0.15) is 0 Å². The molecular weight excluding hydrogens is 178 g/mol. The highest BCUT2D eigenvalue weighted by atomic mass is 16.4. The number of aryl methyl sites for hydroxylation is 1. The minimum absolute atomic E-state index is 0.483. The lowest BCUT2D eigenvalue weighted by Gasteiger charge is -2.08. The van der Waals surface area contributed by atoms with E-state index in [0.29, 0.717) is 11.6 Å². The fourth-order valence-electron chi connectivity index (χ4n) is 2.09. The Morgan fingerprint density at radius 2 is 2.29 bits per heavy atom. The summed E-state index contributed by atoms with van der Waals surface area (Å²) in [7, 11) is 0. The van der Waals surface area contributed by atoms with E-state index in [-0.39, 0.29) is 0 Å². The first-order valence-electron chi connectivity index (χ1n) is 5.09. The summed E-state index contributed by atoms with van der Waals surface area (Å²) in [6, 6.07) is 2.36. The van der Waals surface area contributed by atoms with Gasteiger partial charge in [0.2, 0.25) is 0 Å². The summed E-state index contributed by atoms with van der Waals surface area (Å²) in [6.07, 6.45) is 3.19. The molecule has 0 spiro atoms. The Balaban J connectivity index is 2.52. The number of hydrogen-bond donors (Lipinski definition) is 1. The second-order valence-corrected chi connectivity index (χ2v) is 3.91. The predicted octanol–water partition coefficient (Wildman–Crippen LogP) is 2.39. The van der Waals surface area contributed by atoms with E-state index in [0.717, 1.165) is 17.8 Å². The third-order valence-corrected chi connectivity index (χ3v) is 2.81. The summed E-state index contributed by atoms with van der Waals surface area (Å²) in [5, 5.41) is 9.02. The van der Waals surface area contributed by atoms with Gasteiger partial charge in [-0.25, -0.2) is 4.79 Å². The van der Waals surface area contributed by atoms with Gasteiger partial charge < -0.3 is 9.67 Å². The predicted molar refractivity (Wildman–Crippen MR) is 53.8 cm³/mol. The van der Waals surface area contributed by atoms with E-state index in [1.165, 1.54) is 12.8 Å². The van der Waals surface area contributed by atoms with Crippen LogP contribution in [-0.2, 0) is 6.42 Å². The van der Waals surface area contributed by atoms with Crippen LogP contribution in [-0.4, -0.2) is 15.6 Å². The summed E-state index contributed by atoms with van der Waals surface area (Å²) in [6.45, 7) is 4.00. The summed E-state index contributed by atoms with van der Waals surface area (Å²) in [5.41, 5.74) is 2.55. The number of aromatic carboxylic acids is 1. The van der Waals surface area contributed by atoms with Gasteiger partial charge in [-0.05, 0) is 32.3 Å². The van der Waals surface area contributed by atoms with Crippen molar-refractivity contribution < 1.29 is 9.90 Å². The average Bonchev–Trinajstić information content (AvgIpc) is 2.89. The van der Waals surface area contributed by atoms with Gasteiger partial charge in [-0.15, -0.1) is 0 Å². The molecule has 3 nitrogen and oxygen atoms in total. The quantitative estimate of drug-likeness (QED) is 0.800. The van der Waals surface area contributed by atoms with Crippen LogP contribution in [0.4, 0.5) is 0 Å². The number of carboxylic acid groups (broad SMARTS) is 1. The standard InChI is InChI=1S/C11H15NO2/c1-3-10-9(11(13)14)6-7(2)12(10)8-4-5-8/h6,8H,3-5H2,1-2H3,(H,13,14). The zero-order valence-electron chi connectivity index (χ0n) is 8.58. The molecule has 0 saturated heterocycles. The van der Waals surface area contributed by atoms with Crippen LogP contribution in [0.15, 0.2) is 6.07 Å². The number of carbonyl (C=O) groups is 1. The van der Waals surface area contributed by atoms with Gasteiger partial charge in [-0.3, -0.25) is 0 Å². The molecule has 1 fully saturated rings. The Kier molecular flexibility index (Phi) is 2.10. The molecule has 1 aromatic heterocycles. The normalized spacial score (nSPS) is 15.9. The van der Waals surface area contributed by atoms with Crippen molar-refractivity contribution in [2.45, 2.75) is 39.2 Å². The number of rotatable bonds is 3. The largest absolute Gasteiger partial charge is 0.478 e. The molecule has 0 bridgehead atoms. The topological polar surface area (TPSA) is 42.2 Å². The Bertz CT molecular complexity index is 375. The van der Waals surface area contributed by atoms with Crippen molar-refractivity contribution in [2.24, 2.45) is 0 Å². The van der Waals surface area contributed by atoms with Gasteiger partial charge in [0.25, 0.3) is 0 Å². The molecule has 0 unspecified atom stereocenters. The van der Waals surface area contributed by atoms with Crippen molar-refractivity contribution in [3.8, 4) is 0 Å². The maximum atomic E-state index is 11.0. The van der Waals surface area contributed by atoms with Gasteiger partial charge in [-0.1, -0.05) is 6.92 Å². The molecule has 76 valence electrons. The molecule has 14 heavy (non-hydrogen) atoms. The van der Waals surface area contributed by atoms with E-state index in [1.54, 1.807) is 6.07 Å². The molecule has 1 aromatic rings. The van der Waals surface area contributed by atoms with Crippen molar-refractivity contribution in [3.05, 3.63) is 23.0 Å². The van der Waals surface area contributed by atoms with Crippen molar-refractivity contribution in [1.82, 2.24) is 4.57 Å². The zero-order chi connectivity index (χ0) is 10.3. The monoisotopic (exact) mass is 193 g/mol. The van der Waals surface area contributed by atoms with Crippen LogP contribution in [0.2, 0.25) is 0 Å². The van der Waals surface area contributed by atoms with Crippen molar-refractivity contribution in [2.75, 3.05) is 0 Å². The first kappa shape index (κ1) is 9.31. The minimum Gasteiger partial charge on any atom is -0.478 e.